The van der Waals surface area contributed by atoms with E-state index < -0.39 is 0 Å². The second-order valence-electron chi connectivity index (χ2n) is 5.53. The molecule has 1 aromatic rings. The van der Waals surface area contributed by atoms with Crippen LogP contribution in [0.25, 0.3) is 0 Å². The van der Waals surface area contributed by atoms with Gasteiger partial charge in [0.15, 0.2) is 0 Å². The lowest BCUT2D eigenvalue weighted by Crippen LogP contribution is -2.30. The quantitative estimate of drug-likeness (QED) is 0.904. The fraction of sp³-hybridized carbons (Fsp3) is 0.625. The molecule has 104 valence electrons. The normalized spacial score (nSPS) is 26.2. The van der Waals surface area contributed by atoms with Crippen LogP contribution in [0.5, 0.6) is 5.75 Å². The SMILES string of the molecule is COc1ccc2c(c1)C(CCC1CCCO1)NCC2. The van der Waals surface area contributed by atoms with Crippen LogP contribution >= 0.6 is 0 Å². The summed E-state index contributed by atoms with van der Waals surface area (Å²) in [6.45, 7) is 2.03. The highest BCUT2D eigenvalue weighted by Crippen LogP contribution is 2.31. The van der Waals surface area contributed by atoms with Gasteiger partial charge in [-0.05, 0) is 61.9 Å². The van der Waals surface area contributed by atoms with E-state index in [1.807, 2.05) is 0 Å². The number of hydrogen-bond donors (Lipinski definition) is 1. The van der Waals surface area contributed by atoms with Crippen molar-refractivity contribution < 1.29 is 9.47 Å². The highest BCUT2D eigenvalue weighted by atomic mass is 16.5. The maximum absolute atomic E-state index is 5.72. The molecule has 2 aliphatic rings. The van der Waals surface area contributed by atoms with Gasteiger partial charge < -0.3 is 14.8 Å². The number of hydrogen-bond acceptors (Lipinski definition) is 3. The fourth-order valence-electron chi connectivity index (χ4n) is 3.23. The predicted molar refractivity (Wildman–Crippen MR) is 75.6 cm³/mol. The molecule has 3 heteroatoms. The Bertz CT molecular complexity index is 427. The molecule has 3 nitrogen and oxygen atoms in total. The summed E-state index contributed by atoms with van der Waals surface area (Å²) < 4.78 is 11.1. The van der Waals surface area contributed by atoms with E-state index in [-0.39, 0.29) is 0 Å². The van der Waals surface area contributed by atoms with E-state index in [4.69, 9.17) is 9.47 Å². The lowest BCUT2D eigenvalue weighted by Gasteiger charge is -2.28. The van der Waals surface area contributed by atoms with Crippen LogP contribution in [0.3, 0.4) is 0 Å². The fourth-order valence-corrected chi connectivity index (χ4v) is 3.23. The third-order valence-corrected chi connectivity index (χ3v) is 4.31. The summed E-state index contributed by atoms with van der Waals surface area (Å²) in [5.41, 5.74) is 2.89. The van der Waals surface area contributed by atoms with Crippen LogP contribution in [0.1, 0.15) is 42.9 Å². The number of fused-ring (bicyclic) bond motifs is 1. The van der Waals surface area contributed by atoms with E-state index in [0.29, 0.717) is 12.1 Å². The van der Waals surface area contributed by atoms with Crippen molar-refractivity contribution >= 4 is 0 Å². The Labute approximate surface area is 115 Å². The van der Waals surface area contributed by atoms with Crippen molar-refractivity contribution in [3.8, 4) is 5.75 Å². The van der Waals surface area contributed by atoms with Crippen LogP contribution in [0.15, 0.2) is 18.2 Å². The second kappa shape index (κ2) is 5.93. The van der Waals surface area contributed by atoms with E-state index in [9.17, 15) is 0 Å². The Morgan fingerprint density at radius 3 is 3.11 bits per heavy atom. The molecular formula is C16H23NO2. The zero-order valence-corrected chi connectivity index (χ0v) is 11.7. The van der Waals surface area contributed by atoms with E-state index in [1.54, 1.807) is 7.11 Å². The third-order valence-electron chi connectivity index (χ3n) is 4.31. The first-order valence-corrected chi connectivity index (χ1v) is 7.38. The van der Waals surface area contributed by atoms with Crippen LogP contribution in [0.4, 0.5) is 0 Å². The maximum atomic E-state index is 5.72. The number of rotatable bonds is 4. The maximum Gasteiger partial charge on any atom is 0.119 e. The average Bonchev–Trinajstić information content (AvgIpc) is 2.97. The summed E-state index contributed by atoms with van der Waals surface area (Å²) in [5, 5.41) is 3.64. The molecule has 19 heavy (non-hydrogen) atoms. The van der Waals surface area contributed by atoms with Gasteiger partial charge in [-0.1, -0.05) is 6.07 Å². The zero-order valence-electron chi connectivity index (χ0n) is 11.7. The van der Waals surface area contributed by atoms with Crippen LogP contribution in [-0.2, 0) is 11.2 Å². The summed E-state index contributed by atoms with van der Waals surface area (Å²) in [6, 6.07) is 6.94. The molecule has 1 N–H and O–H groups in total. The Morgan fingerprint density at radius 1 is 1.37 bits per heavy atom. The van der Waals surface area contributed by atoms with Gasteiger partial charge in [-0.2, -0.15) is 0 Å². The van der Waals surface area contributed by atoms with E-state index in [0.717, 1.165) is 38.2 Å². The van der Waals surface area contributed by atoms with Crippen molar-refractivity contribution in [1.29, 1.82) is 0 Å². The highest BCUT2D eigenvalue weighted by Gasteiger charge is 2.23. The summed E-state index contributed by atoms with van der Waals surface area (Å²) in [7, 11) is 1.74. The van der Waals surface area contributed by atoms with E-state index in [2.05, 4.69) is 23.5 Å². The number of methoxy groups -OCH3 is 1. The topological polar surface area (TPSA) is 30.5 Å². The first-order valence-electron chi connectivity index (χ1n) is 7.38. The van der Waals surface area contributed by atoms with Gasteiger partial charge in [0.05, 0.1) is 13.2 Å². The molecule has 2 heterocycles. The smallest absolute Gasteiger partial charge is 0.119 e. The molecule has 1 fully saturated rings. The van der Waals surface area contributed by atoms with Crippen molar-refractivity contribution in [3.63, 3.8) is 0 Å². The summed E-state index contributed by atoms with van der Waals surface area (Å²) in [4.78, 5) is 0. The second-order valence-corrected chi connectivity index (χ2v) is 5.53. The molecule has 2 unspecified atom stereocenters. The van der Waals surface area contributed by atoms with Gasteiger partial charge in [0, 0.05) is 12.6 Å². The minimum atomic E-state index is 0.461. The lowest BCUT2D eigenvalue weighted by atomic mass is 9.90. The highest BCUT2D eigenvalue weighted by molar-refractivity contribution is 5.39. The molecule has 0 aromatic heterocycles. The Hall–Kier alpha value is -1.06. The first kappa shape index (κ1) is 12.9. The van der Waals surface area contributed by atoms with Crippen molar-refractivity contribution in [2.75, 3.05) is 20.3 Å². The van der Waals surface area contributed by atoms with Gasteiger partial charge in [-0.15, -0.1) is 0 Å². The summed E-state index contributed by atoms with van der Waals surface area (Å²) >= 11 is 0. The minimum absolute atomic E-state index is 0.461. The lowest BCUT2D eigenvalue weighted by molar-refractivity contribution is 0.0993. The first-order chi connectivity index (χ1) is 9.36. The van der Waals surface area contributed by atoms with Gasteiger partial charge >= 0.3 is 0 Å². The average molecular weight is 261 g/mol. The summed E-state index contributed by atoms with van der Waals surface area (Å²) in [5.74, 6) is 0.963. The molecular weight excluding hydrogens is 238 g/mol. The molecule has 2 atom stereocenters. The van der Waals surface area contributed by atoms with Crippen molar-refractivity contribution in [1.82, 2.24) is 5.32 Å². The van der Waals surface area contributed by atoms with Crippen LogP contribution in [0, 0.1) is 0 Å². The van der Waals surface area contributed by atoms with Crippen molar-refractivity contribution in [3.05, 3.63) is 29.3 Å². The molecule has 3 rings (SSSR count). The van der Waals surface area contributed by atoms with Gasteiger partial charge in [0.2, 0.25) is 0 Å². The molecule has 1 aromatic carbocycles. The Balaban J connectivity index is 1.69. The van der Waals surface area contributed by atoms with Crippen LogP contribution < -0.4 is 10.1 Å². The molecule has 0 radical (unpaired) electrons. The largest absolute Gasteiger partial charge is 0.497 e. The Kier molecular flexibility index (Phi) is 4.04. The molecule has 0 spiro atoms. The standard InChI is InChI=1S/C16H23NO2/c1-18-14-5-4-12-8-9-17-16(15(12)11-14)7-6-13-3-2-10-19-13/h4-5,11,13,16-17H,2-3,6-10H2,1H3. The van der Waals surface area contributed by atoms with Gasteiger partial charge in [-0.25, -0.2) is 0 Å². The number of benzene rings is 1. The van der Waals surface area contributed by atoms with Gasteiger partial charge in [0.1, 0.15) is 5.75 Å². The molecule has 0 aliphatic carbocycles. The van der Waals surface area contributed by atoms with E-state index >= 15 is 0 Å². The molecule has 0 amide bonds. The predicted octanol–water partition coefficient (Wildman–Crippen LogP) is 2.84. The Morgan fingerprint density at radius 2 is 2.32 bits per heavy atom. The molecule has 0 bridgehead atoms. The van der Waals surface area contributed by atoms with Crippen LogP contribution in [-0.4, -0.2) is 26.4 Å². The van der Waals surface area contributed by atoms with Crippen molar-refractivity contribution in [2.45, 2.75) is 44.2 Å². The van der Waals surface area contributed by atoms with Crippen molar-refractivity contribution in [2.24, 2.45) is 0 Å². The minimum Gasteiger partial charge on any atom is -0.497 e. The van der Waals surface area contributed by atoms with Gasteiger partial charge in [-0.3, -0.25) is 0 Å². The molecule has 0 saturated carbocycles. The monoisotopic (exact) mass is 261 g/mol. The van der Waals surface area contributed by atoms with Gasteiger partial charge in [0.25, 0.3) is 0 Å². The molecule has 1 saturated heterocycles. The number of ether oxygens (including phenoxy) is 2. The number of nitrogens with one attached hydrogen (secondary N) is 1. The van der Waals surface area contributed by atoms with E-state index in [1.165, 1.54) is 24.0 Å². The summed E-state index contributed by atoms with van der Waals surface area (Å²) in [6.07, 6.45) is 6.39. The zero-order chi connectivity index (χ0) is 13.1. The molecule has 2 aliphatic heterocycles. The third kappa shape index (κ3) is 2.93. The van der Waals surface area contributed by atoms with Crippen LogP contribution in [0.2, 0.25) is 0 Å².